The van der Waals surface area contributed by atoms with E-state index in [4.69, 9.17) is 0 Å². The molecule has 0 bridgehead atoms. The Hall–Kier alpha value is -4.36. The first-order valence-corrected chi connectivity index (χ1v) is 13.5. The average molecular weight is 576 g/mol. The molecule has 4 heterocycles. The summed E-state index contributed by atoms with van der Waals surface area (Å²) in [4.78, 5) is 49.6. The number of nitrogens with one attached hydrogen (secondary N) is 1. The smallest absolute Gasteiger partial charge is 0.238 e. The predicted molar refractivity (Wildman–Crippen MR) is 151 cm³/mol. The van der Waals surface area contributed by atoms with Crippen molar-refractivity contribution in [3.05, 3.63) is 136 Å². The lowest BCUT2D eigenvalue weighted by Gasteiger charge is -2.35. The lowest BCUT2D eigenvalue weighted by molar-refractivity contribution is -0.122. The van der Waals surface area contributed by atoms with Crippen LogP contribution >= 0.6 is 15.9 Å². The number of rotatable bonds is 4. The Bertz CT molecular complexity index is 1680. The van der Waals surface area contributed by atoms with E-state index in [1.54, 1.807) is 30.5 Å². The van der Waals surface area contributed by atoms with Crippen molar-refractivity contribution in [2.45, 2.75) is 17.5 Å². The molecule has 1 amide bonds. The number of amides is 1. The number of carbonyl (C=O) groups excluding carboxylic acids is 3. The van der Waals surface area contributed by atoms with Gasteiger partial charge in [-0.1, -0.05) is 70.5 Å². The second kappa shape index (κ2) is 8.85. The van der Waals surface area contributed by atoms with Crippen LogP contribution in [0.1, 0.15) is 43.4 Å². The molecule has 0 unspecified atom stereocenters. The molecule has 0 saturated carbocycles. The monoisotopic (exact) mass is 575 g/mol. The third-order valence-corrected chi connectivity index (χ3v) is 8.73. The molecule has 7 heteroatoms. The van der Waals surface area contributed by atoms with Crippen LogP contribution in [0.5, 0.6) is 0 Å². The lowest BCUT2D eigenvalue weighted by atomic mass is 9.63. The minimum absolute atomic E-state index is 0.218. The molecule has 1 aromatic heterocycles. The van der Waals surface area contributed by atoms with Crippen LogP contribution in [0.4, 0.5) is 5.69 Å². The molecule has 0 aliphatic carbocycles. The second-order valence-electron chi connectivity index (χ2n) is 10.1. The molecule has 39 heavy (non-hydrogen) atoms. The van der Waals surface area contributed by atoms with E-state index in [9.17, 15) is 14.4 Å². The van der Waals surface area contributed by atoms with Crippen LogP contribution < -0.4 is 5.32 Å². The highest BCUT2D eigenvalue weighted by Gasteiger charge is 2.71. The highest BCUT2D eigenvalue weighted by molar-refractivity contribution is 9.10. The maximum Gasteiger partial charge on any atom is 0.238 e. The summed E-state index contributed by atoms with van der Waals surface area (Å²) >= 11 is 3.45. The quantitative estimate of drug-likeness (QED) is 0.310. The summed E-state index contributed by atoms with van der Waals surface area (Å²) in [6.45, 7) is 0. The Kier molecular flexibility index (Phi) is 5.39. The van der Waals surface area contributed by atoms with E-state index in [1.165, 1.54) is 6.20 Å². The van der Waals surface area contributed by atoms with Gasteiger partial charge in [-0.05, 0) is 53.1 Å². The summed E-state index contributed by atoms with van der Waals surface area (Å²) in [6.07, 6.45) is 6.98. The van der Waals surface area contributed by atoms with Gasteiger partial charge in [0, 0.05) is 39.9 Å². The minimum Gasteiger partial charge on any atom is -0.358 e. The molecule has 3 aliphatic rings. The molecule has 4 aromatic rings. The van der Waals surface area contributed by atoms with E-state index in [0.29, 0.717) is 22.4 Å². The van der Waals surface area contributed by atoms with Crippen molar-refractivity contribution >= 4 is 45.2 Å². The average Bonchev–Trinajstić information content (AvgIpc) is 3.45. The van der Waals surface area contributed by atoms with Crippen LogP contribution in [0.3, 0.4) is 0 Å². The number of anilines is 1. The number of para-hydroxylation sites is 1. The number of aromatic nitrogens is 1. The molecule has 4 atom stereocenters. The summed E-state index contributed by atoms with van der Waals surface area (Å²) in [5, 5.41) is 3.03. The van der Waals surface area contributed by atoms with Crippen LogP contribution in [0, 0.1) is 5.92 Å². The largest absolute Gasteiger partial charge is 0.358 e. The topological polar surface area (TPSA) is 79.4 Å². The van der Waals surface area contributed by atoms with Crippen molar-refractivity contribution in [1.29, 1.82) is 0 Å². The van der Waals surface area contributed by atoms with Crippen LogP contribution in [0.15, 0.2) is 108 Å². The Morgan fingerprint density at radius 3 is 2.44 bits per heavy atom. The van der Waals surface area contributed by atoms with E-state index < -0.39 is 23.4 Å². The maximum atomic E-state index is 14.6. The van der Waals surface area contributed by atoms with Gasteiger partial charge in [0.15, 0.2) is 11.6 Å². The molecule has 1 saturated heterocycles. The molecule has 3 aliphatic heterocycles. The molecule has 1 fully saturated rings. The zero-order valence-electron chi connectivity index (χ0n) is 20.6. The van der Waals surface area contributed by atoms with Crippen molar-refractivity contribution in [2.24, 2.45) is 5.92 Å². The number of Topliss-reactive ketones (excluding diaryl/α,β-unsaturated/α-hetero) is 2. The number of hydrogen-bond donors (Lipinski definition) is 1. The van der Waals surface area contributed by atoms with E-state index >= 15 is 0 Å². The lowest BCUT2D eigenvalue weighted by Crippen LogP contribution is -2.54. The Balaban J connectivity index is 1.54. The summed E-state index contributed by atoms with van der Waals surface area (Å²) in [7, 11) is 0. The molecule has 7 rings (SSSR count). The van der Waals surface area contributed by atoms with Crippen molar-refractivity contribution in [1.82, 2.24) is 9.88 Å². The third-order valence-electron chi connectivity index (χ3n) is 8.20. The number of benzene rings is 3. The normalized spacial score (nSPS) is 24.2. The number of nitrogens with zero attached hydrogens (tertiary/aromatic N) is 2. The van der Waals surface area contributed by atoms with E-state index in [2.05, 4.69) is 26.2 Å². The molecule has 6 nitrogen and oxygen atoms in total. The SMILES string of the molecule is O=C(c1cccnc1)[C@@H]1[C@@H]2c3ccccc3C=CN2[C@H](C(=O)c2ccc(Br)cc2)[C@]12C(=O)Nc1ccccc12. The summed E-state index contributed by atoms with van der Waals surface area (Å²) in [5.74, 6) is -1.67. The van der Waals surface area contributed by atoms with Crippen molar-refractivity contribution in [3.63, 3.8) is 0 Å². The molecule has 190 valence electrons. The maximum absolute atomic E-state index is 14.6. The van der Waals surface area contributed by atoms with Crippen molar-refractivity contribution < 1.29 is 14.4 Å². The highest BCUT2D eigenvalue weighted by Crippen LogP contribution is 2.61. The van der Waals surface area contributed by atoms with Gasteiger partial charge in [0.1, 0.15) is 11.5 Å². The molecule has 0 radical (unpaired) electrons. The highest BCUT2D eigenvalue weighted by atomic mass is 79.9. The van der Waals surface area contributed by atoms with Gasteiger partial charge >= 0.3 is 0 Å². The van der Waals surface area contributed by atoms with E-state index in [-0.39, 0.29) is 17.5 Å². The van der Waals surface area contributed by atoms with Crippen LogP contribution in [0.25, 0.3) is 6.08 Å². The molecule has 3 aromatic carbocycles. The van der Waals surface area contributed by atoms with Crippen molar-refractivity contribution in [2.75, 3.05) is 5.32 Å². The van der Waals surface area contributed by atoms with Gasteiger partial charge in [-0.15, -0.1) is 0 Å². The van der Waals surface area contributed by atoms with Crippen LogP contribution in [0.2, 0.25) is 0 Å². The fourth-order valence-corrected chi connectivity index (χ4v) is 6.90. The molecular formula is C32H22BrN3O3. The first-order valence-electron chi connectivity index (χ1n) is 12.7. The Morgan fingerprint density at radius 2 is 1.64 bits per heavy atom. The third kappa shape index (κ3) is 3.32. The van der Waals surface area contributed by atoms with Gasteiger partial charge < -0.3 is 10.2 Å². The molecule has 1 spiro atoms. The molecular weight excluding hydrogens is 554 g/mol. The van der Waals surface area contributed by atoms with Crippen LogP contribution in [-0.2, 0) is 10.2 Å². The van der Waals surface area contributed by atoms with Gasteiger partial charge in [0.2, 0.25) is 5.91 Å². The first-order chi connectivity index (χ1) is 19.0. The molecule has 1 N–H and O–H groups in total. The van der Waals surface area contributed by atoms with Gasteiger partial charge in [0.25, 0.3) is 0 Å². The van der Waals surface area contributed by atoms with Gasteiger partial charge in [-0.3, -0.25) is 19.4 Å². The number of carbonyl (C=O) groups is 3. The van der Waals surface area contributed by atoms with Crippen LogP contribution in [-0.4, -0.2) is 33.4 Å². The zero-order valence-corrected chi connectivity index (χ0v) is 22.2. The fourth-order valence-electron chi connectivity index (χ4n) is 6.64. The minimum atomic E-state index is -1.47. The number of pyridine rings is 1. The van der Waals surface area contributed by atoms with Crippen molar-refractivity contribution in [3.8, 4) is 0 Å². The zero-order chi connectivity index (χ0) is 26.7. The predicted octanol–water partition coefficient (Wildman–Crippen LogP) is 5.83. The van der Waals surface area contributed by atoms with E-state index in [0.717, 1.165) is 15.6 Å². The summed E-state index contributed by atoms with van der Waals surface area (Å²) in [6, 6.07) is 24.3. The first kappa shape index (κ1) is 23.7. The standard InChI is InChI=1S/C32H22BrN3O3/c33-22-13-11-20(12-14-22)29(38)30-32(24-9-3-4-10-25(24)35-31(32)39)26(28(37)21-7-5-16-34-18-21)27-23-8-2-1-6-19(23)15-17-36(27)30/h1-18,26-27,30H,(H,35,39)/t26-,27-,30+,32+/m0/s1. The van der Waals surface area contributed by atoms with Gasteiger partial charge in [-0.2, -0.15) is 0 Å². The van der Waals surface area contributed by atoms with Gasteiger partial charge in [0.05, 0.1) is 12.0 Å². The fraction of sp³-hybridized carbons (Fsp3) is 0.125. The van der Waals surface area contributed by atoms with Gasteiger partial charge in [-0.25, -0.2) is 0 Å². The number of hydrogen-bond acceptors (Lipinski definition) is 5. The Labute approximate surface area is 233 Å². The second-order valence-corrected chi connectivity index (χ2v) is 11.0. The van der Waals surface area contributed by atoms with E-state index in [1.807, 2.05) is 77.8 Å². The number of ketones is 2. The summed E-state index contributed by atoms with van der Waals surface area (Å²) in [5.41, 5.74) is 2.56. The summed E-state index contributed by atoms with van der Waals surface area (Å²) < 4.78 is 0.846. The Morgan fingerprint density at radius 1 is 0.872 bits per heavy atom. The number of fused-ring (bicyclic) bond motifs is 5. The number of halogens is 1.